The number of carbonyl (C=O) groups is 1. The molecule has 9 nitrogen and oxygen atoms in total. The summed E-state index contributed by atoms with van der Waals surface area (Å²) in [7, 11) is 0. The lowest BCUT2D eigenvalue weighted by Gasteiger charge is -2.03. The molecule has 0 saturated heterocycles. The Labute approximate surface area is 185 Å². The molecule has 2 aromatic heterocycles. The van der Waals surface area contributed by atoms with Crippen molar-refractivity contribution in [3.8, 4) is 5.69 Å². The molecule has 0 radical (unpaired) electrons. The molecule has 2 aromatic carbocycles. The Kier molecular flexibility index (Phi) is 5.73. The molecule has 0 atom stereocenters. The molecule has 4 aromatic rings. The lowest BCUT2D eigenvalue weighted by molar-refractivity contribution is -0.384. The van der Waals surface area contributed by atoms with Crippen LogP contribution in [0.5, 0.6) is 0 Å². The topological polar surface area (TPSA) is 116 Å². The van der Waals surface area contributed by atoms with Gasteiger partial charge in [-0.15, -0.1) is 16.4 Å². The summed E-state index contributed by atoms with van der Waals surface area (Å²) in [6, 6.07) is 12.1. The zero-order valence-electron chi connectivity index (χ0n) is 17.1. The van der Waals surface area contributed by atoms with Gasteiger partial charge >= 0.3 is 0 Å². The molecule has 0 aliphatic rings. The van der Waals surface area contributed by atoms with Crippen LogP contribution in [0.25, 0.3) is 5.69 Å². The molecule has 32 heavy (non-hydrogen) atoms. The zero-order chi connectivity index (χ0) is 22.8. The number of carbonyl (C=O) groups excluding carboxylic acids is 1. The molecule has 1 amide bonds. The van der Waals surface area contributed by atoms with E-state index in [4.69, 9.17) is 0 Å². The molecule has 11 heteroatoms. The molecule has 0 saturated carbocycles. The summed E-state index contributed by atoms with van der Waals surface area (Å²) >= 11 is 1.29. The second-order valence-corrected chi connectivity index (χ2v) is 8.08. The Morgan fingerprint density at radius 2 is 1.97 bits per heavy atom. The number of nitrogens with zero attached hydrogens (tertiary/aromatic N) is 5. The van der Waals surface area contributed by atoms with Gasteiger partial charge < -0.3 is 0 Å². The van der Waals surface area contributed by atoms with E-state index >= 15 is 0 Å². The van der Waals surface area contributed by atoms with Crippen LogP contribution in [-0.2, 0) is 6.42 Å². The van der Waals surface area contributed by atoms with Crippen LogP contribution in [0.3, 0.4) is 0 Å². The van der Waals surface area contributed by atoms with Crippen molar-refractivity contribution >= 4 is 28.1 Å². The normalized spacial score (nSPS) is 10.8. The van der Waals surface area contributed by atoms with Crippen LogP contribution in [0.1, 0.15) is 32.3 Å². The maximum atomic E-state index is 13.2. The Morgan fingerprint density at radius 3 is 2.69 bits per heavy atom. The second kappa shape index (κ2) is 8.63. The van der Waals surface area contributed by atoms with E-state index in [2.05, 4.69) is 20.6 Å². The number of amides is 1. The number of thiazole rings is 1. The van der Waals surface area contributed by atoms with E-state index < -0.39 is 10.8 Å². The predicted octanol–water partition coefficient (Wildman–Crippen LogP) is 4.23. The maximum absolute atomic E-state index is 13.2. The number of benzene rings is 2. The van der Waals surface area contributed by atoms with Crippen LogP contribution in [0.2, 0.25) is 0 Å². The zero-order valence-corrected chi connectivity index (χ0v) is 17.9. The number of anilines is 1. The van der Waals surface area contributed by atoms with E-state index in [0.717, 1.165) is 16.1 Å². The molecule has 162 valence electrons. The Morgan fingerprint density at radius 1 is 1.22 bits per heavy atom. The number of rotatable bonds is 6. The molecule has 4 rings (SSSR count). The molecule has 0 spiro atoms. The quantitative estimate of drug-likeness (QED) is 0.346. The fourth-order valence-corrected chi connectivity index (χ4v) is 4.13. The number of nitro groups is 1. The first-order valence-electron chi connectivity index (χ1n) is 9.51. The number of aryl methyl sites for hydroxylation is 1. The molecular formula is C21H17FN6O3S. The van der Waals surface area contributed by atoms with Gasteiger partial charge in [0, 0.05) is 23.4 Å². The van der Waals surface area contributed by atoms with Crippen molar-refractivity contribution in [2.75, 3.05) is 5.32 Å². The van der Waals surface area contributed by atoms with Crippen molar-refractivity contribution in [3.63, 3.8) is 0 Å². The summed E-state index contributed by atoms with van der Waals surface area (Å²) in [6.45, 7) is 3.51. The third kappa shape index (κ3) is 4.37. The predicted molar refractivity (Wildman–Crippen MR) is 117 cm³/mol. The number of non-ortho nitro benzene ring substituents is 1. The molecule has 2 heterocycles. The highest BCUT2D eigenvalue weighted by atomic mass is 32.1. The van der Waals surface area contributed by atoms with Gasteiger partial charge in [0.2, 0.25) is 0 Å². The van der Waals surface area contributed by atoms with Gasteiger partial charge in [-0.05, 0) is 43.7 Å². The van der Waals surface area contributed by atoms with Crippen molar-refractivity contribution < 1.29 is 14.1 Å². The van der Waals surface area contributed by atoms with E-state index in [9.17, 15) is 19.3 Å². The number of aromatic nitrogens is 4. The van der Waals surface area contributed by atoms with Gasteiger partial charge in [0.15, 0.2) is 10.8 Å². The lowest BCUT2D eigenvalue weighted by Crippen LogP contribution is -2.14. The van der Waals surface area contributed by atoms with Crippen LogP contribution in [0.15, 0.2) is 48.5 Å². The molecule has 0 fully saturated rings. The molecule has 0 unspecified atom stereocenters. The van der Waals surface area contributed by atoms with E-state index in [1.807, 2.05) is 13.0 Å². The second-order valence-electron chi connectivity index (χ2n) is 7.00. The van der Waals surface area contributed by atoms with Crippen LogP contribution in [0, 0.1) is 29.8 Å². The van der Waals surface area contributed by atoms with Crippen molar-refractivity contribution in [3.05, 3.63) is 92.0 Å². The highest BCUT2D eigenvalue weighted by Gasteiger charge is 2.20. The first kappa shape index (κ1) is 21.2. The van der Waals surface area contributed by atoms with E-state index in [1.54, 1.807) is 25.1 Å². The van der Waals surface area contributed by atoms with Gasteiger partial charge in [0.05, 0.1) is 22.0 Å². The number of hydrogen-bond acceptors (Lipinski definition) is 7. The average Bonchev–Trinajstić information content (AvgIpc) is 3.31. The molecule has 0 aliphatic heterocycles. The van der Waals surface area contributed by atoms with Gasteiger partial charge in [-0.25, -0.2) is 14.1 Å². The van der Waals surface area contributed by atoms with Gasteiger partial charge in [-0.2, -0.15) is 0 Å². The lowest BCUT2D eigenvalue weighted by atomic mass is 10.1. The average molecular weight is 452 g/mol. The Hall–Kier alpha value is -3.99. The number of nitro benzene ring substituents is 1. The first-order chi connectivity index (χ1) is 15.3. The summed E-state index contributed by atoms with van der Waals surface area (Å²) < 4.78 is 14.6. The van der Waals surface area contributed by atoms with Crippen molar-refractivity contribution in [2.24, 2.45) is 0 Å². The Bertz CT molecular complexity index is 1320. The molecular weight excluding hydrogens is 435 g/mol. The highest BCUT2D eigenvalue weighted by Crippen LogP contribution is 2.27. The molecule has 0 aliphatic carbocycles. The third-order valence-electron chi connectivity index (χ3n) is 4.78. The molecule has 1 N–H and O–H groups in total. The van der Waals surface area contributed by atoms with Crippen LogP contribution in [0.4, 0.5) is 15.2 Å². The number of nitrogens with one attached hydrogen (secondary N) is 1. The van der Waals surface area contributed by atoms with Crippen LogP contribution >= 0.6 is 11.3 Å². The summed E-state index contributed by atoms with van der Waals surface area (Å²) in [6.07, 6.45) is 0.459. The fraction of sp³-hybridized carbons (Fsp3) is 0.143. The highest BCUT2D eigenvalue weighted by molar-refractivity contribution is 7.15. The van der Waals surface area contributed by atoms with Gasteiger partial charge in [-0.1, -0.05) is 17.3 Å². The van der Waals surface area contributed by atoms with Crippen LogP contribution < -0.4 is 5.32 Å². The van der Waals surface area contributed by atoms with Crippen molar-refractivity contribution in [1.29, 1.82) is 0 Å². The number of halogens is 1. The van der Waals surface area contributed by atoms with Gasteiger partial charge in [0.1, 0.15) is 5.82 Å². The van der Waals surface area contributed by atoms with Gasteiger partial charge in [0.25, 0.3) is 11.6 Å². The Balaban J connectivity index is 1.51. The summed E-state index contributed by atoms with van der Waals surface area (Å²) in [5, 5.41) is 22.1. The van der Waals surface area contributed by atoms with E-state index in [-0.39, 0.29) is 17.2 Å². The minimum absolute atomic E-state index is 0.0258. The SMILES string of the molecule is Cc1nc(NC(=O)c2nnn(-c3ccc(F)cc3)c2C)sc1Cc1cccc([N+](=O)[O-])c1. The first-order valence-corrected chi connectivity index (χ1v) is 10.3. The summed E-state index contributed by atoms with van der Waals surface area (Å²) in [5.41, 5.74) is 2.74. The van der Waals surface area contributed by atoms with Crippen molar-refractivity contribution in [1.82, 2.24) is 20.0 Å². The summed E-state index contributed by atoms with van der Waals surface area (Å²) in [5.74, 6) is -0.837. The minimum atomic E-state index is -0.466. The number of hydrogen-bond donors (Lipinski definition) is 1. The summed E-state index contributed by atoms with van der Waals surface area (Å²) in [4.78, 5) is 28.6. The third-order valence-corrected chi connectivity index (χ3v) is 5.85. The van der Waals surface area contributed by atoms with E-state index in [1.165, 1.54) is 40.3 Å². The standard InChI is InChI=1S/C21H17FN6O3S/c1-12-18(11-14-4-3-5-17(10-14)28(30)31)32-21(23-12)24-20(29)19-13(2)27(26-25-19)16-8-6-15(22)7-9-16/h3-10H,11H2,1-2H3,(H,23,24,29). The largest absolute Gasteiger partial charge is 0.296 e. The fourth-order valence-electron chi connectivity index (χ4n) is 3.13. The van der Waals surface area contributed by atoms with E-state index in [0.29, 0.717) is 22.9 Å². The maximum Gasteiger partial charge on any atom is 0.279 e. The smallest absolute Gasteiger partial charge is 0.279 e. The monoisotopic (exact) mass is 452 g/mol. The van der Waals surface area contributed by atoms with Gasteiger partial charge in [-0.3, -0.25) is 20.2 Å². The van der Waals surface area contributed by atoms with Crippen molar-refractivity contribution in [2.45, 2.75) is 20.3 Å². The molecule has 0 bridgehead atoms. The van der Waals surface area contributed by atoms with Crippen LogP contribution in [-0.4, -0.2) is 30.8 Å². The minimum Gasteiger partial charge on any atom is -0.296 e.